The summed E-state index contributed by atoms with van der Waals surface area (Å²) in [7, 11) is 0. The molecule has 0 fully saturated rings. The lowest BCUT2D eigenvalue weighted by atomic mass is 9.98. The number of nitrogens with two attached hydrogens (primary N) is 1. The Bertz CT molecular complexity index is 1050. The number of rotatable bonds is 6. The van der Waals surface area contributed by atoms with Gasteiger partial charge in [-0.3, -0.25) is 0 Å². The van der Waals surface area contributed by atoms with Gasteiger partial charge < -0.3 is 5.73 Å². The van der Waals surface area contributed by atoms with Gasteiger partial charge in [0.15, 0.2) is 0 Å². The first-order valence-corrected chi connectivity index (χ1v) is 9.21. The Labute approximate surface area is 162 Å². The highest BCUT2D eigenvalue weighted by atomic mass is 15.5. The quantitative estimate of drug-likeness (QED) is 0.537. The number of aromatic amines is 1. The highest BCUT2D eigenvalue weighted by molar-refractivity contribution is 5.80. The summed E-state index contributed by atoms with van der Waals surface area (Å²) in [5.41, 5.74) is 10.0. The van der Waals surface area contributed by atoms with Crippen molar-refractivity contribution in [2.24, 2.45) is 5.92 Å². The van der Waals surface area contributed by atoms with Crippen LogP contribution < -0.4 is 5.73 Å². The molecule has 28 heavy (non-hydrogen) atoms. The van der Waals surface area contributed by atoms with E-state index in [2.05, 4.69) is 74.9 Å². The molecule has 142 valence electrons. The molecular formula is C20H22N8. The van der Waals surface area contributed by atoms with Crippen LogP contribution in [-0.4, -0.2) is 35.4 Å². The largest absolute Gasteiger partial charge is 0.366 e. The molecule has 0 unspecified atom stereocenters. The zero-order valence-electron chi connectivity index (χ0n) is 15.9. The van der Waals surface area contributed by atoms with Crippen molar-refractivity contribution in [3.8, 4) is 22.5 Å². The van der Waals surface area contributed by atoms with Crippen LogP contribution in [0.1, 0.15) is 25.2 Å². The van der Waals surface area contributed by atoms with Crippen LogP contribution in [0.5, 0.6) is 0 Å². The van der Waals surface area contributed by atoms with E-state index in [-0.39, 0.29) is 0 Å². The third-order valence-corrected chi connectivity index (χ3v) is 4.47. The summed E-state index contributed by atoms with van der Waals surface area (Å²) in [6, 6.07) is 16.4. The maximum atomic E-state index is 5.81. The van der Waals surface area contributed by atoms with Gasteiger partial charge in [0.25, 0.3) is 0 Å². The van der Waals surface area contributed by atoms with Crippen LogP contribution in [0.25, 0.3) is 22.5 Å². The van der Waals surface area contributed by atoms with E-state index < -0.39 is 0 Å². The number of hydrogen-bond donors (Lipinski definition) is 2. The van der Waals surface area contributed by atoms with Crippen LogP contribution in [0.4, 0.5) is 5.95 Å². The first-order valence-electron chi connectivity index (χ1n) is 9.21. The monoisotopic (exact) mass is 374 g/mol. The van der Waals surface area contributed by atoms with Crippen LogP contribution in [0.2, 0.25) is 0 Å². The molecule has 8 heteroatoms. The number of hydrogen-bond acceptors (Lipinski definition) is 6. The van der Waals surface area contributed by atoms with Crippen LogP contribution in [0.15, 0.2) is 48.5 Å². The van der Waals surface area contributed by atoms with E-state index in [1.54, 1.807) is 0 Å². The number of H-pyrrole nitrogens is 1. The molecule has 0 saturated heterocycles. The van der Waals surface area contributed by atoms with Crippen molar-refractivity contribution in [3.63, 3.8) is 0 Å². The molecule has 0 spiro atoms. The first kappa shape index (κ1) is 17.8. The Kier molecular flexibility index (Phi) is 4.84. The minimum absolute atomic E-state index is 0.321. The molecule has 0 saturated carbocycles. The molecule has 2 heterocycles. The molecule has 0 amide bonds. The van der Waals surface area contributed by atoms with E-state index in [0.29, 0.717) is 24.2 Å². The Balaban J connectivity index is 1.60. The molecule has 3 N–H and O–H groups in total. The Morgan fingerprint density at radius 2 is 1.79 bits per heavy atom. The lowest BCUT2D eigenvalue weighted by Gasteiger charge is -2.10. The van der Waals surface area contributed by atoms with Crippen molar-refractivity contribution in [2.45, 2.75) is 26.8 Å². The molecule has 0 aliphatic heterocycles. The van der Waals surface area contributed by atoms with Gasteiger partial charge in [-0.1, -0.05) is 62.4 Å². The molecule has 0 aliphatic rings. The SMILES string of the molecule is CC(C)Cc1nc(N)nn1Cc1ccc(-c2ccccc2-c2nn[nH]n2)cc1. The van der Waals surface area contributed by atoms with Gasteiger partial charge in [-0.05, 0) is 27.8 Å². The van der Waals surface area contributed by atoms with Crippen molar-refractivity contribution in [3.05, 3.63) is 59.9 Å². The lowest BCUT2D eigenvalue weighted by Crippen LogP contribution is -2.09. The second-order valence-corrected chi connectivity index (χ2v) is 7.12. The highest BCUT2D eigenvalue weighted by Crippen LogP contribution is 2.29. The number of benzene rings is 2. The molecule has 8 nitrogen and oxygen atoms in total. The molecule has 2 aromatic carbocycles. The number of aromatic nitrogens is 7. The summed E-state index contributed by atoms with van der Waals surface area (Å²) in [6.45, 7) is 4.95. The average Bonchev–Trinajstić information content (AvgIpc) is 3.32. The summed E-state index contributed by atoms with van der Waals surface area (Å²) in [5.74, 6) is 2.31. The molecule has 0 atom stereocenters. The minimum atomic E-state index is 0.321. The van der Waals surface area contributed by atoms with Crippen LogP contribution in [0, 0.1) is 5.92 Å². The van der Waals surface area contributed by atoms with Gasteiger partial charge in [0.05, 0.1) is 6.54 Å². The summed E-state index contributed by atoms with van der Waals surface area (Å²) in [5, 5.41) is 18.7. The van der Waals surface area contributed by atoms with E-state index in [0.717, 1.165) is 34.5 Å². The topological polar surface area (TPSA) is 111 Å². The molecule has 4 rings (SSSR count). The third-order valence-electron chi connectivity index (χ3n) is 4.47. The number of nitrogen functional groups attached to an aromatic ring is 1. The zero-order valence-corrected chi connectivity index (χ0v) is 15.9. The van der Waals surface area contributed by atoms with Crippen molar-refractivity contribution < 1.29 is 0 Å². The van der Waals surface area contributed by atoms with Crippen LogP contribution >= 0.6 is 0 Å². The second kappa shape index (κ2) is 7.59. The van der Waals surface area contributed by atoms with Gasteiger partial charge in [0, 0.05) is 12.0 Å². The van der Waals surface area contributed by atoms with E-state index in [1.165, 1.54) is 0 Å². The van der Waals surface area contributed by atoms with E-state index in [1.807, 2.05) is 22.9 Å². The zero-order chi connectivity index (χ0) is 19.5. The maximum absolute atomic E-state index is 5.81. The van der Waals surface area contributed by atoms with Crippen molar-refractivity contribution in [2.75, 3.05) is 5.73 Å². The molecule has 2 aromatic heterocycles. The van der Waals surface area contributed by atoms with E-state index in [9.17, 15) is 0 Å². The first-order chi connectivity index (χ1) is 13.6. The average molecular weight is 374 g/mol. The Morgan fingerprint density at radius 3 is 2.46 bits per heavy atom. The van der Waals surface area contributed by atoms with Crippen LogP contribution in [0.3, 0.4) is 0 Å². The fourth-order valence-electron chi connectivity index (χ4n) is 3.20. The van der Waals surface area contributed by atoms with E-state index >= 15 is 0 Å². The molecule has 0 aliphatic carbocycles. The summed E-state index contributed by atoms with van der Waals surface area (Å²) < 4.78 is 1.89. The van der Waals surface area contributed by atoms with Crippen LogP contribution in [-0.2, 0) is 13.0 Å². The fraction of sp³-hybridized carbons (Fsp3) is 0.250. The normalized spacial score (nSPS) is 11.2. The third kappa shape index (κ3) is 3.75. The fourth-order valence-corrected chi connectivity index (χ4v) is 3.20. The maximum Gasteiger partial charge on any atom is 0.239 e. The number of nitrogens with zero attached hydrogens (tertiary/aromatic N) is 6. The molecular weight excluding hydrogens is 352 g/mol. The number of nitrogens with one attached hydrogen (secondary N) is 1. The van der Waals surface area contributed by atoms with Gasteiger partial charge >= 0.3 is 0 Å². The highest BCUT2D eigenvalue weighted by Gasteiger charge is 2.12. The standard InChI is InChI=1S/C20H22N8/c1-13(2)11-18-22-20(21)25-28(18)12-14-7-9-15(10-8-14)16-5-3-4-6-17(16)19-23-26-27-24-19/h3-10,13H,11-12H2,1-2H3,(H2,21,25)(H,23,24,26,27). The molecule has 4 aromatic rings. The van der Waals surface area contributed by atoms with Gasteiger partial charge in [-0.25, -0.2) is 4.68 Å². The molecule has 0 radical (unpaired) electrons. The summed E-state index contributed by atoms with van der Waals surface area (Å²) in [6.07, 6.45) is 0.848. The van der Waals surface area contributed by atoms with Crippen molar-refractivity contribution >= 4 is 5.95 Å². The van der Waals surface area contributed by atoms with Gasteiger partial charge in [-0.15, -0.1) is 15.3 Å². The summed E-state index contributed by atoms with van der Waals surface area (Å²) >= 11 is 0. The predicted molar refractivity (Wildman–Crippen MR) is 107 cm³/mol. The Hall–Kier alpha value is -3.55. The smallest absolute Gasteiger partial charge is 0.239 e. The van der Waals surface area contributed by atoms with Gasteiger partial charge in [-0.2, -0.15) is 10.2 Å². The molecule has 0 bridgehead atoms. The van der Waals surface area contributed by atoms with E-state index in [4.69, 9.17) is 5.73 Å². The number of anilines is 1. The minimum Gasteiger partial charge on any atom is -0.366 e. The van der Waals surface area contributed by atoms with Gasteiger partial charge in [0.1, 0.15) is 5.82 Å². The predicted octanol–water partition coefficient (Wildman–Crippen LogP) is 2.95. The van der Waals surface area contributed by atoms with Crippen molar-refractivity contribution in [1.29, 1.82) is 0 Å². The lowest BCUT2D eigenvalue weighted by molar-refractivity contribution is 0.563. The van der Waals surface area contributed by atoms with Gasteiger partial charge in [0.2, 0.25) is 11.8 Å². The number of tetrazole rings is 1. The van der Waals surface area contributed by atoms with Crippen molar-refractivity contribution in [1.82, 2.24) is 35.4 Å². The second-order valence-electron chi connectivity index (χ2n) is 7.12. The Morgan fingerprint density at radius 1 is 1.04 bits per heavy atom. The summed E-state index contributed by atoms with van der Waals surface area (Å²) in [4.78, 5) is 4.36.